The van der Waals surface area contributed by atoms with E-state index in [1.165, 1.54) is 0 Å². The molecule has 10 heteroatoms. The monoisotopic (exact) mass is 547 g/mol. The molecular formula is C21H38IN7O2. The minimum atomic E-state index is 0. The lowest BCUT2D eigenvalue weighted by atomic mass is 9.95. The van der Waals surface area contributed by atoms with Crippen molar-refractivity contribution in [2.24, 2.45) is 18.0 Å². The van der Waals surface area contributed by atoms with E-state index in [9.17, 15) is 4.79 Å². The van der Waals surface area contributed by atoms with Gasteiger partial charge in [-0.05, 0) is 33.9 Å². The number of piperidine rings is 1. The number of guanidine groups is 1. The molecular weight excluding hydrogens is 509 g/mol. The van der Waals surface area contributed by atoms with E-state index in [1.54, 1.807) is 0 Å². The summed E-state index contributed by atoms with van der Waals surface area (Å²) in [5.74, 6) is 1.35. The molecule has 1 aromatic heterocycles. The highest BCUT2D eigenvalue weighted by molar-refractivity contribution is 14.0. The number of carbonyl (C=O) groups is 1. The van der Waals surface area contributed by atoms with Crippen LogP contribution in [0.15, 0.2) is 17.4 Å². The Morgan fingerprint density at radius 3 is 2.48 bits per heavy atom. The van der Waals surface area contributed by atoms with Crippen LogP contribution in [-0.4, -0.2) is 103 Å². The number of amides is 1. The van der Waals surface area contributed by atoms with Gasteiger partial charge in [0.15, 0.2) is 5.96 Å². The number of nitrogens with one attached hydrogen (secondary N) is 1. The molecule has 1 atom stereocenters. The van der Waals surface area contributed by atoms with Crippen LogP contribution in [0.2, 0.25) is 0 Å². The molecule has 2 aliphatic rings. The van der Waals surface area contributed by atoms with Crippen molar-refractivity contribution in [1.29, 1.82) is 0 Å². The highest BCUT2D eigenvalue weighted by Crippen LogP contribution is 2.22. The summed E-state index contributed by atoms with van der Waals surface area (Å²) < 4.78 is 7.20. The molecule has 9 nitrogen and oxygen atoms in total. The highest BCUT2D eigenvalue weighted by Gasteiger charge is 2.30. The molecule has 0 radical (unpaired) electrons. The standard InChI is InChI=1S/C21H37N7O2.HI/c1-5-22-21(23-15-19(25(2)3)18-14-24-26(4)16-18)28-8-6-17(7-9-28)20(29)27-10-12-30-13-11-27;/h14,16-17,19H,5-13,15H2,1-4H3,(H,22,23);1H. The van der Waals surface area contributed by atoms with Crippen LogP contribution in [0, 0.1) is 5.92 Å². The maximum Gasteiger partial charge on any atom is 0.225 e. The summed E-state index contributed by atoms with van der Waals surface area (Å²) in [7, 11) is 6.08. The van der Waals surface area contributed by atoms with E-state index < -0.39 is 0 Å². The number of hydrogen-bond donors (Lipinski definition) is 1. The fraction of sp³-hybridized carbons (Fsp3) is 0.762. The van der Waals surface area contributed by atoms with Crippen LogP contribution >= 0.6 is 24.0 Å². The van der Waals surface area contributed by atoms with Crippen molar-refractivity contribution in [3.8, 4) is 0 Å². The van der Waals surface area contributed by atoms with E-state index >= 15 is 0 Å². The number of aliphatic imine (C=N–C) groups is 1. The van der Waals surface area contributed by atoms with E-state index in [-0.39, 0.29) is 35.9 Å². The van der Waals surface area contributed by atoms with Crippen LogP contribution in [0.25, 0.3) is 0 Å². The fourth-order valence-corrected chi connectivity index (χ4v) is 4.16. The van der Waals surface area contributed by atoms with Gasteiger partial charge in [0.25, 0.3) is 0 Å². The lowest BCUT2D eigenvalue weighted by Gasteiger charge is -2.37. The molecule has 0 aromatic carbocycles. The number of hydrogen-bond acceptors (Lipinski definition) is 5. The Hall–Kier alpha value is -1.40. The number of morpholine rings is 1. The Labute approximate surface area is 203 Å². The molecule has 0 bridgehead atoms. The smallest absolute Gasteiger partial charge is 0.225 e. The van der Waals surface area contributed by atoms with Crippen molar-refractivity contribution in [3.05, 3.63) is 18.0 Å². The summed E-state index contributed by atoms with van der Waals surface area (Å²) >= 11 is 0. The average Bonchev–Trinajstić information content (AvgIpc) is 3.19. The molecule has 1 amide bonds. The molecule has 0 saturated carbocycles. The minimum Gasteiger partial charge on any atom is -0.378 e. The predicted octanol–water partition coefficient (Wildman–Crippen LogP) is 1.18. The van der Waals surface area contributed by atoms with E-state index in [2.05, 4.69) is 47.4 Å². The summed E-state index contributed by atoms with van der Waals surface area (Å²) in [6.45, 7) is 8.05. The molecule has 3 rings (SSSR count). The van der Waals surface area contributed by atoms with Gasteiger partial charge in [-0.3, -0.25) is 14.5 Å². The van der Waals surface area contributed by atoms with Gasteiger partial charge in [-0.2, -0.15) is 5.10 Å². The molecule has 1 N–H and O–H groups in total. The van der Waals surface area contributed by atoms with E-state index in [1.807, 2.05) is 22.8 Å². The molecule has 2 aliphatic heterocycles. The second kappa shape index (κ2) is 12.6. The molecule has 3 heterocycles. The summed E-state index contributed by atoms with van der Waals surface area (Å²) in [4.78, 5) is 24.2. The number of likely N-dealkylation sites (N-methyl/N-ethyl adjacent to an activating group) is 1. The number of likely N-dealkylation sites (tertiary alicyclic amines) is 1. The van der Waals surface area contributed by atoms with Gasteiger partial charge >= 0.3 is 0 Å². The lowest BCUT2D eigenvalue weighted by Crippen LogP contribution is -2.50. The number of rotatable bonds is 6. The number of aryl methyl sites for hydroxylation is 1. The molecule has 0 aliphatic carbocycles. The first-order valence-electron chi connectivity index (χ1n) is 11.0. The quantitative estimate of drug-likeness (QED) is 0.328. The van der Waals surface area contributed by atoms with Crippen LogP contribution in [0.4, 0.5) is 0 Å². The second-order valence-corrected chi connectivity index (χ2v) is 8.32. The third-order valence-electron chi connectivity index (χ3n) is 5.95. The van der Waals surface area contributed by atoms with Gasteiger partial charge in [-0.1, -0.05) is 0 Å². The van der Waals surface area contributed by atoms with Gasteiger partial charge in [0.05, 0.1) is 32.0 Å². The molecule has 2 saturated heterocycles. The first-order chi connectivity index (χ1) is 14.5. The van der Waals surface area contributed by atoms with Crippen molar-refractivity contribution >= 4 is 35.8 Å². The Balaban J connectivity index is 0.00000341. The van der Waals surface area contributed by atoms with Gasteiger partial charge in [0.1, 0.15) is 0 Å². The van der Waals surface area contributed by atoms with Crippen molar-refractivity contribution in [3.63, 3.8) is 0 Å². The minimum absolute atomic E-state index is 0. The topological polar surface area (TPSA) is 78.2 Å². The first kappa shape index (κ1) is 25.9. The number of nitrogens with zero attached hydrogens (tertiary/aromatic N) is 6. The Morgan fingerprint density at radius 2 is 1.94 bits per heavy atom. The first-order valence-corrected chi connectivity index (χ1v) is 11.0. The predicted molar refractivity (Wildman–Crippen MR) is 133 cm³/mol. The van der Waals surface area contributed by atoms with Crippen molar-refractivity contribution in [1.82, 2.24) is 29.8 Å². The summed E-state index contributed by atoms with van der Waals surface area (Å²) in [6.07, 6.45) is 5.71. The Morgan fingerprint density at radius 1 is 1.26 bits per heavy atom. The van der Waals surface area contributed by atoms with E-state index in [0.29, 0.717) is 25.7 Å². The number of halogens is 1. The van der Waals surface area contributed by atoms with Gasteiger partial charge in [-0.25, -0.2) is 0 Å². The lowest BCUT2D eigenvalue weighted by molar-refractivity contribution is -0.140. The van der Waals surface area contributed by atoms with Gasteiger partial charge in [-0.15, -0.1) is 24.0 Å². The third-order valence-corrected chi connectivity index (χ3v) is 5.95. The fourth-order valence-electron chi connectivity index (χ4n) is 4.16. The Kier molecular flexibility index (Phi) is 10.5. The van der Waals surface area contributed by atoms with Gasteiger partial charge in [0.2, 0.25) is 5.91 Å². The molecule has 176 valence electrons. The zero-order valence-electron chi connectivity index (χ0n) is 19.3. The summed E-state index contributed by atoms with van der Waals surface area (Å²) in [5, 5.41) is 7.74. The number of carbonyl (C=O) groups excluding carboxylic acids is 1. The molecule has 1 unspecified atom stereocenters. The highest BCUT2D eigenvalue weighted by atomic mass is 127. The summed E-state index contributed by atoms with van der Waals surface area (Å²) in [5.41, 5.74) is 1.16. The molecule has 0 spiro atoms. The van der Waals surface area contributed by atoms with Crippen LogP contribution in [0.5, 0.6) is 0 Å². The average molecular weight is 547 g/mol. The van der Waals surface area contributed by atoms with Gasteiger partial charge < -0.3 is 24.8 Å². The van der Waals surface area contributed by atoms with Crippen LogP contribution < -0.4 is 5.32 Å². The van der Waals surface area contributed by atoms with Gasteiger partial charge in [0, 0.05) is 57.4 Å². The second-order valence-electron chi connectivity index (χ2n) is 8.32. The molecule has 1 aromatic rings. The third kappa shape index (κ3) is 7.04. The van der Waals surface area contributed by atoms with Crippen LogP contribution in [-0.2, 0) is 16.6 Å². The zero-order chi connectivity index (χ0) is 21.5. The van der Waals surface area contributed by atoms with Crippen LogP contribution in [0.3, 0.4) is 0 Å². The van der Waals surface area contributed by atoms with Crippen molar-refractivity contribution in [2.45, 2.75) is 25.8 Å². The molecule has 2 fully saturated rings. The summed E-state index contributed by atoms with van der Waals surface area (Å²) in [6, 6.07) is 0.174. The maximum absolute atomic E-state index is 12.8. The normalized spacial score (nSPS) is 19.3. The largest absolute Gasteiger partial charge is 0.378 e. The maximum atomic E-state index is 12.8. The number of ether oxygens (including phenoxy) is 1. The Bertz CT molecular complexity index is 710. The van der Waals surface area contributed by atoms with Crippen molar-refractivity contribution in [2.75, 3.05) is 66.6 Å². The van der Waals surface area contributed by atoms with Crippen LogP contribution in [0.1, 0.15) is 31.4 Å². The zero-order valence-corrected chi connectivity index (χ0v) is 21.6. The number of aromatic nitrogens is 2. The van der Waals surface area contributed by atoms with Crippen molar-refractivity contribution < 1.29 is 9.53 Å². The van der Waals surface area contributed by atoms with E-state index in [0.717, 1.165) is 57.1 Å². The SMILES string of the molecule is CCNC(=NCC(c1cnn(C)c1)N(C)C)N1CCC(C(=O)N2CCOCC2)CC1.I. The van der Waals surface area contributed by atoms with E-state index in [4.69, 9.17) is 9.73 Å². The molecule has 31 heavy (non-hydrogen) atoms.